The molecule has 14 heavy (non-hydrogen) atoms. The van der Waals surface area contributed by atoms with E-state index in [1.807, 2.05) is 0 Å². The van der Waals surface area contributed by atoms with Crippen molar-refractivity contribution in [1.82, 2.24) is 0 Å². The smallest absolute Gasteiger partial charge is 0.0159 e. The summed E-state index contributed by atoms with van der Waals surface area (Å²) < 4.78 is 0. The van der Waals surface area contributed by atoms with E-state index < -0.39 is 0 Å². The molecule has 0 amide bonds. The number of rotatable bonds is 3. The van der Waals surface area contributed by atoms with E-state index in [0.717, 1.165) is 18.3 Å². The van der Waals surface area contributed by atoms with Gasteiger partial charge in [-0.05, 0) is 67.6 Å². The van der Waals surface area contributed by atoms with Crippen LogP contribution in [0.2, 0.25) is 0 Å². The maximum absolute atomic E-state index is 4.10. The van der Waals surface area contributed by atoms with Gasteiger partial charge in [0.1, 0.15) is 0 Å². The van der Waals surface area contributed by atoms with Gasteiger partial charge in [-0.25, -0.2) is 0 Å². The van der Waals surface area contributed by atoms with Gasteiger partial charge in [-0.1, -0.05) is 18.2 Å². The van der Waals surface area contributed by atoms with Crippen LogP contribution in [0.1, 0.15) is 54.2 Å². The number of hydrogen-bond donors (Lipinski definition) is 0. The first-order valence-electron chi connectivity index (χ1n) is 5.81. The molecule has 0 heteroatoms. The average molecular weight is 185 g/mol. The summed E-state index contributed by atoms with van der Waals surface area (Å²) >= 11 is 0. The molecule has 0 nitrogen and oxygen atoms in total. The summed E-state index contributed by atoms with van der Waals surface area (Å²) in [5, 5.41) is 0. The largest absolute Gasteiger partial charge is 0.0617 e. The predicted octanol–water partition coefficient (Wildman–Crippen LogP) is 3.82. The minimum Gasteiger partial charge on any atom is -0.0617 e. The fraction of sp³-hybridized carbons (Fsp3) is 0.500. The summed E-state index contributed by atoms with van der Waals surface area (Å²) in [5.74, 6) is 1.76. The Balaban J connectivity index is 2.05. The zero-order valence-electron chi connectivity index (χ0n) is 8.63. The van der Waals surface area contributed by atoms with Crippen molar-refractivity contribution in [3.05, 3.63) is 41.8 Å². The average Bonchev–Trinajstić information content (AvgIpc) is 3.04. The molecule has 0 N–H and O–H groups in total. The second-order valence-electron chi connectivity index (χ2n) is 4.71. The van der Waals surface area contributed by atoms with E-state index in [4.69, 9.17) is 0 Å². The fourth-order valence-electron chi connectivity index (χ4n) is 2.47. The van der Waals surface area contributed by atoms with Crippen molar-refractivity contribution >= 4 is 0 Å². The van der Waals surface area contributed by atoms with Gasteiger partial charge in [-0.2, -0.15) is 0 Å². The van der Waals surface area contributed by atoms with Crippen molar-refractivity contribution < 1.29 is 0 Å². The first kappa shape index (κ1) is 8.52. The SMILES string of the molecule is [CH2]Cc1c(C2CC2)cccc1C1CC1. The number of benzene rings is 1. The van der Waals surface area contributed by atoms with Crippen LogP contribution in [0.4, 0.5) is 0 Å². The van der Waals surface area contributed by atoms with Crippen LogP contribution < -0.4 is 0 Å². The van der Waals surface area contributed by atoms with Gasteiger partial charge in [-0.15, -0.1) is 0 Å². The zero-order valence-corrected chi connectivity index (χ0v) is 8.63. The normalized spacial score (nSPS) is 21.2. The summed E-state index contributed by atoms with van der Waals surface area (Å²) in [6, 6.07) is 6.90. The van der Waals surface area contributed by atoms with Crippen LogP contribution in [0.5, 0.6) is 0 Å². The van der Waals surface area contributed by atoms with Gasteiger partial charge in [-0.3, -0.25) is 0 Å². The molecule has 0 bridgehead atoms. The molecule has 0 aromatic heterocycles. The van der Waals surface area contributed by atoms with Gasteiger partial charge >= 0.3 is 0 Å². The highest BCUT2D eigenvalue weighted by Crippen LogP contribution is 2.47. The Kier molecular flexibility index (Phi) is 1.90. The van der Waals surface area contributed by atoms with Crippen LogP contribution in [-0.2, 0) is 6.42 Å². The van der Waals surface area contributed by atoms with Gasteiger partial charge in [0.15, 0.2) is 0 Å². The van der Waals surface area contributed by atoms with E-state index in [0.29, 0.717) is 0 Å². The molecule has 2 saturated carbocycles. The monoisotopic (exact) mass is 185 g/mol. The second-order valence-corrected chi connectivity index (χ2v) is 4.71. The van der Waals surface area contributed by atoms with Crippen LogP contribution >= 0.6 is 0 Å². The van der Waals surface area contributed by atoms with E-state index in [-0.39, 0.29) is 0 Å². The molecule has 0 saturated heterocycles. The van der Waals surface area contributed by atoms with Crippen LogP contribution in [0.25, 0.3) is 0 Å². The first-order chi connectivity index (χ1) is 6.90. The Hall–Kier alpha value is -0.780. The Morgan fingerprint density at radius 1 is 1.00 bits per heavy atom. The third kappa shape index (κ3) is 1.37. The van der Waals surface area contributed by atoms with Crippen molar-refractivity contribution in [3.8, 4) is 0 Å². The Morgan fingerprint density at radius 3 is 1.86 bits per heavy atom. The second kappa shape index (κ2) is 3.12. The van der Waals surface area contributed by atoms with Gasteiger partial charge in [0, 0.05) is 0 Å². The van der Waals surface area contributed by atoms with Crippen LogP contribution in [0, 0.1) is 6.92 Å². The molecule has 2 aliphatic rings. The summed E-state index contributed by atoms with van der Waals surface area (Å²) in [4.78, 5) is 0. The number of hydrogen-bond acceptors (Lipinski definition) is 0. The van der Waals surface area contributed by atoms with E-state index in [9.17, 15) is 0 Å². The minimum atomic E-state index is 0.880. The third-order valence-electron chi connectivity index (χ3n) is 3.53. The Bertz CT molecular complexity index is 313. The highest BCUT2D eigenvalue weighted by Gasteiger charge is 2.30. The molecule has 1 aromatic rings. The van der Waals surface area contributed by atoms with Crippen molar-refractivity contribution in [3.63, 3.8) is 0 Å². The van der Waals surface area contributed by atoms with Crippen LogP contribution in [-0.4, -0.2) is 0 Å². The summed E-state index contributed by atoms with van der Waals surface area (Å²) in [6.07, 6.45) is 6.60. The molecule has 0 heterocycles. The predicted molar refractivity (Wildman–Crippen MR) is 59.5 cm³/mol. The third-order valence-corrected chi connectivity index (χ3v) is 3.53. The van der Waals surface area contributed by atoms with Gasteiger partial charge in [0.25, 0.3) is 0 Å². The molecule has 0 atom stereocenters. The molecule has 0 unspecified atom stereocenters. The van der Waals surface area contributed by atoms with E-state index in [2.05, 4.69) is 25.1 Å². The molecule has 0 spiro atoms. The van der Waals surface area contributed by atoms with E-state index in [1.54, 1.807) is 16.7 Å². The maximum Gasteiger partial charge on any atom is -0.0159 e. The van der Waals surface area contributed by atoms with Crippen LogP contribution in [0.15, 0.2) is 18.2 Å². The standard InChI is InChI=1S/C14H17/c1-2-12-13(10-6-7-10)4-3-5-14(12)11-8-9-11/h3-5,10-11H,1-2,6-9H2. The molecular weight excluding hydrogens is 168 g/mol. The Labute approximate surface area is 86.3 Å². The maximum atomic E-state index is 4.10. The van der Waals surface area contributed by atoms with Gasteiger partial charge in [0.05, 0.1) is 0 Å². The highest BCUT2D eigenvalue weighted by atomic mass is 14.3. The van der Waals surface area contributed by atoms with E-state index in [1.165, 1.54) is 25.7 Å². The molecular formula is C14H17. The molecule has 73 valence electrons. The molecule has 2 aliphatic carbocycles. The highest BCUT2D eigenvalue weighted by molar-refractivity contribution is 5.43. The van der Waals surface area contributed by atoms with Crippen molar-refractivity contribution in [2.24, 2.45) is 0 Å². The quantitative estimate of drug-likeness (QED) is 0.671. The van der Waals surface area contributed by atoms with E-state index >= 15 is 0 Å². The van der Waals surface area contributed by atoms with Crippen LogP contribution in [0.3, 0.4) is 0 Å². The molecule has 2 fully saturated rings. The first-order valence-corrected chi connectivity index (χ1v) is 5.81. The van der Waals surface area contributed by atoms with Gasteiger partial charge < -0.3 is 0 Å². The lowest BCUT2D eigenvalue weighted by molar-refractivity contribution is 1.00. The molecule has 1 aromatic carbocycles. The van der Waals surface area contributed by atoms with Crippen molar-refractivity contribution in [1.29, 1.82) is 0 Å². The molecule has 1 radical (unpaired) electrons. The summed E-state index contributed by atoms with van der Waals surface area (Å²) in [6.45, 7) is 4.10. The summed E-state index contributed by atoms with van der Waals surface area (Å²) in [7, 11) is 0. The van der Waals surface area contributed by atoms with Gasteiger partial charge in [0.2, 0.25) is 0 Å². The topological polar surface area (TPSA) is 0 Å². The van der Waals surface area contributed by atoms with Crippen molar-refractivity contribution in [2.75, 3.05) is 0 Å². The summed E-state index contributed by atoms with van der Waals surface area (Å²) in [5.41, 5.74) is 4.81. The zero-order chi connectivity index (χ0) is 9.54. The lowest BCUT2D eigenvalue weighted by Crippen LogP contribution is -1.96. The lowest BCUT2D eigenvalue weighted by atomic mass is 9.93. The minimum absolute atomic E-state index is 0.880. The van der Waals surface area contributed by atoms with Crippen molar-refractivity contribution in [2.45, 2.75) is 43.9 Å². The fourth-order valence-corrected chi connectivity index (χ4v) is 2.47. The lowest BCUT2D eigenvalue weighted by Gasteiger charge is -2.12. The molecule has 3 rings (SSSR count). The molecule has 0 aliphatic heterocycles. The Morgan fingerprint density at radius 2 is 1.50 bits per heavy atom.